The molecule has 0 saturated carbocycles. The average molecular weight is 511 g/mol. The third-order valence-corrected chi connectivity index (χ3v) is 7.74. The molecule has 0 radical (unpaired) electrons. The highest BCUT2D eigenvalue weighted by Crippen LogP contribution is 2.21. The zero-order chi connectivity index (χ0) is 26.5. The highest BCUT2D eigenvalue weighted by molar-refractivity contribution is 5.59. The Morgan fingerprint density at radius 2 is 0.667 bits per heavy atom. The van der Waals surface area contributed by atoms with Crippen molar-refractivity contribution in [1.29, 1.82) is 0 Å². The van der Waals surface area contributed by atoms with Crippen molar-refractivity contribution in [2.24, 2.45) is 11.8 Å². The van der Waals surface area contributed by atoms with Gasteiger partial charge in [-0.15, -0.1) is 0 Å². The second kappa shape index (κ2) is 28.8. The van der Waals surface area contributed by atoms with Gasteiger partial charge in [0.05, 0.1) is 13.2 Å². The highest BCUT2D eigenvalue weighted by Gasteiger charge is 2.16. The van der Waals surface area contributed by atoms with Crippen LogP contribution in [-0.2, 0) is 9.47 Å². The van der Waals surface area contributed by atoms with Crippen molar-refractivity contribution in [2.75, 3.05) is 13.2 Å². The SMILES string of the molecule is CCCCCCCC[C@@H](CCCCCC)COC(=O)OC[C@H](CCCCCC)CCCCCCCC. The summed E-state index contributed by atoms with van der Waals surface area (Å²) in [7, 11) is 0. The van der Waals surface area contributed by atoms with Gasteiger partial charge in [-0.05, 0) is 37.5 Å². The molecule has 0 heterocycles. The first kappa shape index (κ1) is 35.3. The van der Waals surface area contributed by atoms with Crippen LogP contribution in [0.15, 0.2) is 0 Å². The molecule has 0 aliphatic rings. The third kappa shape index (κ3) is 24.9. The van der Waals surface area contributed by atoms with Crippen LogP contribution in [0.1, 0.15) is 182 Å². The molecule has 0 aromatic rings. The van der Waals surface area contributed by atoms with Gasteiger partial charge >= 0.3 is 6.16 Å². The molecule has 0 unspecified atom stereocenters. The molecule has 3 nitrogen and oxygen atoms in total. The topological polar surface area (TPSA) is 35.5 Å². The second-order valence-corrected chi connectivity index (χ2v) is 11.4. The fraction of sp³-hybridized carbons (Fsp3) is 0.970. The van der Waals surface area contributed by atoms with E-state index in [-0.39, 0.29) is 0 Å². The number of carbonyl (C=O) groups is 1. The van der Waals surface area contributed by atoms with Crippen LogP contribution < -0.4 is 0 Å². The van der Waals surface area contributed by atoms with Gasteiger partial charge in [0.1, 0.15) is 0 Å². The Balaban J connectivity index is 4.38. The first-order valence-electron chi connectivity index (χ1n) is 16.5. The van der Waals surface area contributed by atoms with Gasteiger partial charge in [0, 0.05) is 0 Å². The van der Waals surface area contributed by atoms with E-state index < -0.39 is 6.16 Å². The van der Waals surface area contributed by atoms with Crippen LogP contribution in [0.4, 0.5) is 4.79 Å². The number of ether oxygens (including phenoxy) is 2. The van der Waals surface area contributed by atoms with Crippen LogP contribution in [0.25, 0.3) is 0 Å². The molecule has 2 atom stereocenters. The van der Waals surface area contributed by atoms with E-state index in [0.717, 1.165) is 0 Å². The molecular weight excluding hydrogens is 444 g/mol. The van der Waals surface area contributed by atoms with Crippen LogP contribution in [0.2, 0.25) is 0 Å². The van der Waals surface area contributed by atoms with E-state index in [1.165, 1.54) is 154 Å². The van der Waals surface area contributed by atoms with Gasteiger partial charge < -0.3 is 9.47 Å². The van der Waals surface area contributed by atoms with E-state index in [9.17, 15) is 4.79 Å². The summed E-state index contributed by atoms with van der Waals surface area (Å²) in [5, 5.41) is 0. The van der Waals surface area contributed by atoms with E-state index in [0.29, 0.717) is 25.0 Å². The standard InChI is InChI=1S/C33H66O3/c1-5-9-13-17-19-23-27-31(25-21-15-11-7-3)29-35-33(34)36-30-32(26-22-16-12-8-4)28-24-20-18-14-10-6-2/h31-32H,5-30H2,1-4H3/t31-,32-/m1/s1. The molecule has 0 aromatic heterocycles. The Kier molecular flexibility index (Phi) is 28.3. The van der Waals surface area contributed by atoms with Gasteiger partial charge in [0.25, 0.3) is 0 Å². The number of rotatable bonds is 28. The lowest BCUT2D eigenvalue weighted by Gasteiger charge is -2.19. The summed E-state index contributed by atoms with van der Waals surface area (Å²) >= 11 is 0. The number of hydrogen-bond acceptors (Lipinski definition) is 3. The van der Waals surface area contributed by atoms with Crippen LogP contribution in [0, 0.1) is 11.8 Å². The molecule has 216 valence electrons. The summed E-state index contributed by atoms with van der Waals surface area (Å²) in [5.41, 5.74) is 0. The van der Waals surface area contributed by atoms with E-state index in [2.05, 4.69) is 27.7 Å². The molecule has 3 heteroatoms. The van der Waals surface area contributed by atoms with Crippen molar-refractivity contribution in [3.8, 4) is 0 Å². The monoisotopic (exact) mass is 511 g/mol. The minimum Gasteiger partial charge on any atom is -0.434 e. The minimum atomic E-state index is -0.432. The van der Waals surface area contributed by atoms with Crippen molar-refractivity contribution < 1.29 is 14.3 Å². The Bertz CT molecular complexity index is 399. The van der Waals surface area contributed by atoms with E-state index in [1.54, 1.807) is 0 Å². The summed E-state index contributed by atoms with van der Waals surface area (Å²) in [4.78, 5) is 12.5. The molecular formula is C33H66O3. The molecule has 0 aliphatic carbocycles. The smallest absolute Gasteiger partial charge is 0.434 e. The van der Waals surface area contributed by atoms with E-state index >= 15 is 0 Å². The Hall–Kier alpha value is -0.730. The molecule has 0 N–H and O–H groups in total. The average Bonchev–Trinajstić information content (AvgIpc) is 2.89. The first-order valence-corrected chi connectivity index (χ1v) is 16.5. The molecule has 0 spiro atoms. The molecule has 36 heavy (non-hydrogen) atoms. The van der Waals surface area contributed by atoms with Crippen molar-refractivity contribution in [3.63, 3.8) is 0 Å². The predicted molar refractivity (Wildman–Crippen MR) is 158 cm³/mol. The van der Waals surface area contributed by atoms with Gasteiger partial charge in [0.2, 0.25) is 0 Å². The summed E-state index contributed by atoms with van der Waals surface area (Å²) in [6.07, 6.45) is 30.4. The van der Waals surface area contributed by atoms with Crippen molar-refractivity contribution in [3.05, 3.63) is 0 Å². The highest BCUT2D eigenvalue weighted by atomic mass is 16.7. The van der Waals surface area contributed by atoms with Gasteiger partial charge in [-0.1, -0.05) is 156 Å². The quantitative estimate of drug-likeness (QED) is 0.0775. The number of hydrogen-bond donors (Lipinski definition) is 0. The normalized spacial score (nSPS) is 13.0. The number of carbonyl (C=O) groups excluding carboxylic acids is 1. The molecule has 0 fully saturated rings. The van der Waals surface area contributed by atoms with Crippen LogP contribution in [0.3, 0.4) is 0 Å². The lowest BCUT2D eigenvalue weighted by Crippen LogP contribution is -2.19. The van der Waals surface area contributed by atoms with Crippen LogP contribution >= 0.6 is 0 Å². The van der Waals surface area contributed by atoms with Gasteiger partial charge in [-0.2, -0.15) is 0 Å². The van der Waals surface area contributed by atoms with Crippen molar-refractivity contribution in [2.45, 2.75) is 182 Å². The van der Waals surface area contributed by atoms with Crippen molar-refractivity contribution >= 4 is 6.16 Å². The summed E-state index contributed by atoms with van der Waals surface area (Å²) in [5.74, 6) is 0.988. The summed E-state index contributed by atoms with van der Waals surface area (Å²) in [6, 6.07) is 0. The maximum absolute atomic E-state index is 12.5. The van der Waals surface area contributed by atoms with Crippen LogP contribution in [0.5, 0.6) is 0 Å². The zero-order valence-corrected chi connectivity index (χ0v) is 25.3. The third-order valence-electron chi connectivity index (χ3n) is 7.74. The van der Waals surface area contributed by atoms with Crippen LogP contribution in [-0.4, -0.2) is 19.4 Å². The Morgan fingerprint density at radius 3 is 0.972 bits per heavy atom. The largest absolute Gasteiger partial charge is 0.508 e. The van der Waals surface area contributed by atoms with E-state index in [4.69, 9.17) is 9.47 Å². The zero-order valence-electron chi connectivity index (χ0n) is 25.3. The summed E-state index contributed by atoms with van der Waals surface area (Å²) < 4.78 is 11.3. The van der Waals surface area contributed by atoms with Gasteiger partial charge in [0.15, 0.2) is 0 Å². The predicted octanol–water partition coefficient (Wildman–Crippen LogP) is 11.8. The lowest BCUT2D eigenvalue weighted by atomic mass is 9.95. The fourth-order valence-corrected chi connectivity index (χ4v) is 5.18. The molecule has 0 rings (SSSR count). The van der Waals surface area contributed by atoms with Gasteiger partial charge in [-0.3, -0.25) is 0 Å². The fourth-order valence-electron chi connectivity index (χ4n) is 5.18. The van der Waals surface area contributed by atoms with Gasteiger partial charge in [-0.25, -0.2) is 4.79 Å². The lowest BCUT2D eigenvalue weighted by molar-refractivity contribution is 0.0300. The molecule has 0 aromatic carbocycles. The Morgan fingerprint density at radius 1 is 0.417 bits per heavy atom. The minimum absolute atomic E-state index is 0.432. The Labute approximate surface area is 227 Å². The molecule has 0 amide bonds. The maximum atomic E-state index is 12.5. The van der Waals surface area contributed by atoms with E-state index in [1.807, 2.05) is 0 Å². The second-order valence-electron chi connectivity index (χ2n) is 11.4. The maximum Gasteiger partial charge on any atom is 0.508 e. The molecule has 0 aliphatic heterocycles. The number of unbranched alkanes of at least 4 members (excludes halogenated alkanes) is 16. The molecule has 0 saturated heterocycles. The molecule has 0 bridgehead atoms. The van der Waals surface area contributed by atoms with Crippen molar-refractivity contribution in [1.82, 2.24) is 0 Å². The first-order chi connectivity index (χ1) is 17.7. The summed E-state index contributed by atoms with van der Waals surface area (Å²) in [6.45, 7) is 10.1.